The lowest BCUT2D eigenvalue weighted by atomic mass is 9.92. The molecule has 1 saturated heterocycles. The van der Waals surface area contributed by atoms with Crippen molar-refractivity contribution in [1.82, 2.24) is 9.80 Å². The standard InChI is InChI=1S/C15H30N2O2/c1-15(2,3)14(18)16(4)12-13-6-8-17(9-7-13)10-11-19-5/h13H,6-12H2,1-5H3. The fraction of sp³-hybridized carbons (Fsp3) is 0.933. The molecule has 0 spiro atoms. The molecule has 0 aromatic heterocycles. The summed E-state index contributed by atoms with van der Waals surface area (Å²) in [6.45, 7) is 11.0. The Balaban J connectivity index is 2.31. The van der Waals surface area contributed by atoms with Crippen molar-refractivity contribution in [3.05, 3.63) is 0 Å². The highest BCUT2D eigenvalue weighted by molar-refractivity contribution is 5.81. The van der Waals surface area contributed by atoms with Crippen molar-refractivity contribution < 1.29 is 9.53 Å². The molecule has 4 nitrogen and oxygen atoms in total. The van der Waals surface area contributed by atoms with Crippen LogP contribution in [0.2, 0.25) is 0 Å². The molecule has 0 unspecified atom stereocenters. The van der Waals surface area contributed by atoms with Crippen molar-refractivity contribution in [3.8, 4) is 0 Å². The molecule has 4 heteroatoms. The van der Waals surface area contributed by atoms with Gasteiger partial charge in [0, 0.05) is 32.7 Å². The third-order valence-corrected chi connectivity index (χ3v) is 3.84. The quantitative estimate of drug-likeness (QED) is 0.764. The highest BCUT2D eigenvalue weighted by atomic mass is 16.5. The van der Waals surface area contributed by atoms with Gasteiger partial charge in [0.15, 0.2) is 0 Å². The van der Waals surface area contributed by atoms with Crippen LogP contribution in [0.4, 0.5) is 0 Å². The van der Waals surface area contributed by atoms with Crippen LogP contribution in [-0.2, 0) is 9.53 Å². The van der Waals surface area contributed by atoms with Crippen LogP contribution < -0.4 is 0 Å². The number of rotatable bonds is 5. The van der Waals surface area contributed by atoms with Crippen molar-refractivity contribution in [2.75, 3.05) is 46.9 Å². The Bertz CT molecular complexity index is 278. The molecule has 0 N–H and O–H groups in total. The number of nitrogens with zero attached hydrogens (tertiary/aromatic N) is 2. The summed E-state index contributed by atoms with van der Waals surface area (Å²) in [6.07, 6.45) is 2.37. The van der Waals surface area contributed by atoms with E-state index in [0.717, 1.165) is 32.8 Å². The number of hydrogen-bond acceptors (Lipinski definition) is 3. The molecular formula is C15H30N2O2. The number of ether oxygens (including phenoxy) is 1. The topological polar surface area (TPSA) is 32.8 Å². The van der Waals surface area contributed by atoms with Gasteiger partial charge in [0.05, 0.1) is 6.61 Å². The molecule has 1 amide bonds. The highest BCUT2D eigenvalue weighted by Crippen LogP contribution is 2.21. The summed E-state index contributed by atoms with van der Waals surface area (Å²) < 4.78 is 5.11. The molecule has 0 bridgehead atoms. The predicted molar refractivity (Wildman–Crippen MR) is 78.1 cm³/mol. The molecule has 0 atom stereocenters. The molecule has 112 valence electrons. The Labute approximate surface area is 118 Å². The molecule has 0 aliphatic carbocycles. The lowest BCUT2D eigenvalue weighted by molar-refractivity contribution is -0.138. The molecular weight excluding hydrogens is 240 g/mol. The second-order valence-electron chi connectivity index (χ2n) is 6.71. The number of methoxy groups -OCH3 is 1. The van der Waals surface area contributed by atoms with Crippen molar-refractivity contribution in [3.63, 3.8) is 0 Å². The fourth-order valence-corrected chi connectivity index (χ4v) is 2.66. The maximum atomic E-state index is 12.1. The monoisotopic (exact) mass is 270 g/mol. The third-order valence-electron chi connectivity index (χ3n) is 3.84. The lowest BCUT2D eigenvalue weighted by Gasteiger charge is -2.35. The zero-order chi connectivity index (χ0) is 14.5. The SMILES string of the molecule is COCCN1CCC(CN(C)C(=O)C(C)(C)C)CC1. The van der Waals surface area contributed by atoms with Gasteiger partial charge in [-0.1, -0.05) is 20.8 Å². The van der Waals surface area contributed by atoms with E-state index in [-0.39, 0.29) is 11.3 Å². The first-order valence-electron chi connectivity index (χ1n) is 7.31. The first-order chi connectivity index (χ1) is 8.84. The third kappa shape index (κ3) is 5.49. The van der Waals surface area contributed by atoms with Crippen molar-refractivity contribution in [2.45, 2.75) is 33.6 Å². The van der Waals surface area contributed by atoms with Gasteiger partial charge in [-0.25, -0.2) is 0 Å². The van der Waals surface area contributed by atoms with Gasteiger partial charge in [-0.3, -0.25) is 4.79 Å². The molecule has 1 fully saturated rings. The summed E-state index contributed by atoms with van der Waals surface area (Å²) >= 11 is 0. The zero-order valence-electron chi connectivity index (χ0n) is 13.2. The number of carbonyl (C=O) groups is 1. The highest BCUT2D eigenvalue weighted by Gasteiger charge is 2.27. The van der Waals surface area contributed by atoms with Gasteiger partial charge in [0.1, 0.15) is 0 Å². The summed E-state index contributed by atoms with van der Waals surface area (Å²) in [5.41, 5.74) is -0.270. The van der Waals surface area contributed by atoms with Gasteiger partial charge < -0.3 is 14.5 Å². The first kappa shape index (κ1) is 16.4. The maximum absolute atomic E-state index is 12.1. The first-order valence-corrected chi connectivity index (χ1v) is 7.31. The van der Waals surface area contributed by atoms with Gasteiger partial charge in [0.2, 0.25) is 5.91 Å². The van der Waals surface area contributed by atoms with Crippen LogP contribution in [0.25, 0.3) is 0 Å². The molecule has 0 radical (unpaired) electrons. The number of amides is 1. The van der Waals surface area contributed by atoms with Crippen LogP contribution in [0.5, 0.6) is 0 Å². The molecule has 1 heterocycles. The summed E-state index contributed by atoms with van der Waals surface area (Å²) in [4.78, 5) is 16.5. The van der Waals surface area contributed by atoms with Crippen LogP contribution in [0.1, 0.15) is 33.6 Å². The molecule has 1 rings (SSSR count). The van der Waals surface area contributed by atoms with Crippen LogP contribution in [0.3, 0.4) is 0 Å². The van der Waals surface area contributed by atoms with Gasteiger partial charge in [0.25, 0.3) is 0 Å². The molecule has 0 aromatic carbocycles. The second kappa shape index (κ2) is 7.25. The number of piperidine rings is 1. The molecule has 1 aliphatic heterocycles. The second-order valence-corrected chi connectivity index (χ2v) is 6.71. The van der Waals surface area contributed by atoms with Crippen LogP contribution in [0.15, 0.2) is 0 Å². The smallest absolute Gasteiger partial charge is 0.227 e. The van der Waals surface area contributed by atoms with Gasteiger partial charge >= 0.3 is 0 Å². The maximum Gasteiger partial charge on any atom is 0.227 e. The molecule has 0 aromatic rings. The minimum absolute atomic E-state index is 0.245. The minimum Gasteiger partial charge on any atom is -0.383 e. The largest absolute Gasteiger partial charge is 0.383 e. The number of hydrogen-bond donors (Lipinski definition) is 0. The van der Waals surface area contributed by atoms with E-state index in [1.54, 1.807) is 7.11 Å². The van der Waals surface area contributed by atoms with E-state index in [1.165, 1.54) is 12.8 Å². The molecule has 1 aliphatic rings. The van der Waals surface area contributed by atoms with E-state index >= 15 is 0 Å². The minimum atomic E-state index is -0.270. The van der Waals surface area contributed by atoms with Crippen LogP contribution >= 0.6 is 0 Å². The van der Waals surface area contributed by atoms with E-state index < -0.39 is 0 Å². The van der Waals surface area contributed by atoms with E-state index in [4.69, 9.17) is 4.74 Å². The van der Waals surface area contributed by atoms with Gasteiger partial charge in [-0.15, -0.1) is 0 Å². The molecule has 19 heavy (non-hydrogen) atoms. The summed E-state index contributed by atoms with van der Waals surface area (Å²) in [6, 6.07) is 0. The van der Waals surface area contributed by atoms with Gasteiger partial charge in [-0.2, -0.15) is 0 Å². The summed E-state index contributed by atoms with van der Waals surface area (Å²) in [5, 5.41) is 0. The van der Waals surface area contributed by atoms with E-state index in [9.17, 15) is 4.79 Å². The Morgan fingerprint density at radius 2 is 1.89 bits per heavy atom. The van der Waals surface area contributed by atoms with E-state index in [2.05, 4.69) is 4.90 Å². The lowest BCUT2D eigenvalue weighted by Crippen LogP contribution is -2.43. The number of likely N-dealkylation sites (tertiary alicyclic amines) is 1. The van der Waals surface area contributed by atoms with E-state index in [1.807, 2.05) is 32.7 Å². The van der Waals surface area contributed by atoms with Crippen molar-refractivity contribution in [1.29, 1.82) is 0 Å². The Hall–Kier alpha value is -0.610. The Morgan fingerprint density at radius 3 is 2.37 bits per heavy atom. The van der Waals surface area contributed by atoms with Crippen LogP contribution in [0, 0.1) is 11.3 Å². The summed E-state index contributed by atoms with van der Waals surface area (Å²) in [5.74, 6) is 0.893. The normalized spacial score (nSPS) is 18.6. The van der Waals surface area contributed by atoms with E-state index in [0.29, 0.717) is 5.92 Å². The van der Waals surface area contributed by atoms with Crippen molar-refractivity contribution in [2.24, 2.45) is 11.3 Å². The predicted octanol–water partition coefficient (Wildman–Crippen LogP) is 1.85. The Kier molecular flexibility index (Phi) is 6.27. The summed E-state index contributed by atoms with van der Waals surface area (Å²) in [7, 11) is 3.69. The van der Waals surface area contributed by atoms with Gasteiger partial charge in [-0.05, 0) is 31.8 Å². The average molecular weight is 270 g/mol. The number of carbonyl (C=O) groups excluding carboxylic acids is 1. The molecule has 0 saturated carbocycles. The Morgan fingerprint density at radius 1 is 1.32 bits per heavy atom. The average Bonchev–Trinajstić information content (AvgIpc) is 2.36. The van der Waals surface area contributed by atoms with Crippen LogP contribution in [-0.4, -0.2) is 62.7 Å². The zero-order valence-corrected chi connectivity index (χ0v) is 13.2. The fourth-order valence-electron chi connectivity index (χ4n) is 2.66. The van der Waals surface area contributed by atoms with Crippen molar-refractivity contribution >= 4 is 5.91 Å².